The fourth-order valence-electron chi connectivity index (χ4n) is 1.94. The fraction of sp³-hybridized carbons (Fsp3) is 0.636. The summed E-state index contributed by atoms with van der Waals surface area (Å²) in [6.45, 7) is 2.57. The maximum Gasteiger partial charge on any atom is 0.273 e. The molecule has 1 fully saturated rings. The summed E-state index contributed by atoms with van der Waals surface area (Å²) in [6.07, 6.45) is 3.68. The normalized spacial score (nSPS) is 18.1. The molecule has 18 heavy (non-hydrogen) atoms. The van der Waals surface area contributed by atoms with Gasteiger partial charge in [-0.15, -0.1) is 0 Å². The van der Waals surface area contributed by atoms with Gasteiger partial charge in [-0.05, 0) is 32.0 Å². The molecular weight excluding hydrogens is 254 g/mol. The highest BCUT2D eigenvalue weighted by atomic mass is 32.2. The molecule has 1 aliphatic heterocycles. The Morgan fingerprint density at radius 1 is 1.28 bits per heavy atom. The standard InChI is InChI=1S/C11H19N3O3S/c1-12-18(15,16)11-6-5-10(17-11)9-13-14-7-3-2-4-8-14/h5-6,12-13H,2-4,7-9H2,1H3. The van der Waals surface area contributed by atoms with Crippen LogP contribution in [0.2, 0.25) is 0 Å². The van der Waals surface area contributed by atoms with Crippen LogP contribution in [0.25, 0.3) is 0 Å². The van der Waals surface area contributed by atoms with Crippen LogP contribution in [0.1, 0.15) is 25.0 Å². The molecular formula is C11H19N3O3S. The van der Waals surface area contributed by atoms with Gasteiger partial charge in [-0.2, -0.15) is 0 Å². The lowest BCUT2D eigenvalue weighted by atomic mass is 10.2. The van der Waals surface area contributed by atoms with E-state index in [9.17, 15) is 8.42 Å². The molecule has 1 aromatic rings. The number of hydrogen-bond acceptors (Lipinski definition) is 5. The van der Waals surface area contributed by atoms with Crippen molar-refractivity contribution in [2.75, 3.05) is 20.1 Å². The molecule has 2 rings (SSSR count). The van der Waals surface area contributed by atoms with E-state index in [-0.39, 0.29) is 5.09 Å². The van der Waals surface area contributed by atoms with E-state index < -0.39 is 10.0 Å². The van der Waals surface area contributed by atoms with Crippen molar-refractivity contribution in [2.24, 2.45) is 0 Å². The van der Waals surface area contributed by atoms with E-state index in [4.69, 9.17) is 4.42 Å². The van der Waals surface area contributed by atoms with Crippen LogP contribution in [0, 0.1) is 0 Å². The number of sulfonamides is 1. The predicted octanol–water partition coefficient (Wildman–Crippen LogP) is 0.678. The van der Waals surface area contributed by atoms with Crippen LogP contribution in [-0.2, 0) is 16.6 Å². The zero-order chi connectivity index (χ0) is 13.0. The van der Waals surface area contributed by atoms with Gasteiger partial charge in [0.05, 0.1) is 6.54 Å². The van der Waals surface area contributed by atoms with E-state index >= 15 is 0 Å². The number of rotatable bonds is 5. The molecule has 0 bridgehead atoms. The molecule has 0 unspecified atom stereocenters. The summed E-state index contributed by atoms with van der Waals surface area (Å²) >= 11 is 0. The average Bonchev–Trinajstić information content (AvgIpc) is 2.87. The number of furan rings is 1. The van der Waals surface area contributed by atoms with Crippen LogP contribution in [0.15, 0.2) is 21.6 Å². The fourth-order valence-corrected chi connectivity index (χ4v) is 2.61. The predicted molar refractivity (Wildman–Crippen MR) is 67.2 cm³/mol. The van der Waals surface area contributed by atoms with E-state index in [0.717, 1.165) is 13.1 Å². The molecule has 2 N–H and O–H groups in total. The first-order valence-electron chi connectivity index (χ1n) is 6.12. The third-order valence-corrected chi connectivity index (χ3v) is 4.29. The van der Waals surface area contributed by atoms with E-state index in [1.54, 1.807) is 6.07 Å². The second-order valence-electron chi connectivity index (χ2n) is 4.31. The quantitative estimate of drug-likeness (QED) is 0.825. The van der Waals surface area contributed by atoms with Gasteiger partial charge in [0.1, 0.15) is 5.76 Å². The van der Waals surface area contributed by atoms with Crippen molar-refractivity contribution < 1.29 is 12.8 Å². The molecule has 102 valence electrons. The molecule has 0 radical (unpaired) electrons. The van der Waals surface area contributed by atoms with E-state index in [1.807, 2.05) is 0 Å². The van der Waals surface area contributed by atoms with Gasteiger partial charge in [-0.1, -0.05) is 6.42 Å². The SMILES string of the molecule is CNS(=O)(=O)c1ccc(CNN2CCCCC2)o1. The minimum atomic E-state index is -3.48. The summed E-state index contributed by atoms with van der Waals surface area (Å²) in [5, 5.41) is 2.11. The van der Waals surface area contributed by atoms with Crippen LogP contribution in [0.5, 0.6) is 0 Å². The molecule has 1 saturated heterocycles. The largest absolute Gasteiger partial charge is 0.447 e. The minimum Gasteiger partial charge on any atom is -0.447 e. The van der Waals surface area contributed by atoms with Gasteiger partial charge in [0.15, 0.2) is 0 Å². The zero-order valence-electron chi connectivity index (χ0n) is 10.5. The summed E-state index contributed by atoms with van der Waals surface area (Å²) in [5.41, 5.74) is 3.25. The van der Waals surface area contributed by atoms with Crippen LogP contribution in [-0.4, -0.2) is 33.6 Å². The minimum absolute atomic E-state index is 0.0413. The lowest BCUT2D eigenvalue weighted by Crippen LogP contribution is -2.41. The second-order valence-corrected chi connectivity index (χ2v) is 6.13. The third-order valence-electron chi connectivity index (χ3n) is 3.00. The van der Waals surface area contributed by atoms with Crippen LogP contribution in [0.4, 0.5) is 0 Å². The zero-order valence-corrected chi connectivity index (χ0v) is 11.3. The molecule has 1 aromatic heterocycles. The number of hydrazine groups is 1. The second kappa shape index (κ2) is 5.83. The molecule has 7 heteroatoms. The Hall–Kier alpha value is -0.890. The molecule has 0 aromatic carbocycles. The van der Waals surface area contributed by atoms with Crippen molar-refractivity contribution in [2.45, 2.75) is 30.9 Å². The van der Waals surface area contributed by atoms with Crippen LogP contribution < -0.4 is 10.1 Å². The molecule has 0 amide bonds. The van der Waals surface area contributed by atoms with Gasteiger partial charge in [0.25, 0.3) is 10.0 Å². The number of hydrogen-bond donors (Lipinski definition) is 2. The Balaban J connectivity index is 1.90. The van der Waals surface area contributed by atoms with Gasteiger partial charge in [0.2, 0.25) is 5.09 Å². The summed E-state index contributed by atoms with van der Waals surface area (Å²) in [7, 11) is -2.11. The van der Waals surface area contributed by atoms with Crippen molar-refractivity contribution >= 4 is 10.0 Å². The lowest BCUT2D eigenvalue weighted by molar-refractivity contribution is 0.145. The van der Waals surface area contributed by atoms with Gasteiger partial charge in [0, 0.05) is 13.1 Å². The molecule has 0 atom stereocenters. The monoisotopic (exact) mass is 273 g/mol. The first kappa shape index (κ1) is 13.5. The average molecular weight is 273 g/mol. The Morgan fingerprint density at radius 3 is 2.67 bits per heavy atom. The highest BCUT2D eigenvalue weighted by molar-refractivity contribution is 7.89. The first-order valence-corrected chi connectivity index (χ1v) is 7.61. The molecule has 0 spiro atoms. The van der Waals surface area contributed by atoms with Gasteiger partial charge < -0.3 is 4.42 Å². The first-order chi connectivity index (χ1) is 8.62. The smallest absolute Gasteiger partial charge is 0.273 e. The topological polar surface area (TPSA) is 74.6 Å². The van der Waals surface area contributed by atoms with Crippen molar-refractivity contribution in [1.82, 2.24) is 15.2 Å². The van der Waals surface area contributed by atoms with Crippen molar-refractivity contribution in [3.8, 4) is 0 Å². The van der Waals surface area contributed by atoms with Crippen molar-refractivity contribution in [1.29, 1.82) is 0 Å². The maximum atomic E-state index is 11.5. The lowest BCUT2D eigenvalue weighted by Gasteiger charge is -2.26. The van der Waals surface area contributed by atoms with Crippen LogP contribution in [0.3, 0.4) is 0 Å². The highest BCUT2D eigenvalue weighted by Crippen LogP contribution is 2.14. The van der Waals surface area contributed by atoms with E-state index in [1.165, 1.54) is 32.4 Å². The van der Waals surface area contributed by atoms with Crippen molar-refractivity contribution in [3.63, 3.8) is 0 Å². The van der Waals surface area contributed by atoms with Gasteiger partial charge in [-0.25, -0.2) is 23.6 Å². The molecule has 6 nitrogen and oxygen atoms in total. The Morgan fingerprint density at radius 2 is 2.00 bits per heavy atom. The molecule has 2 heterocycles. The highest BCUT2D eigenvalue weighted by Gasteiger charge is 2.16. The molecule has 0 saturated carbocycles. The molecule has 0 aliphatic carbocycles. The Labute approximate surface area is 107 Å². The van der Waals surface area contributed by atoms with E-state index in [0.29, 0.717) is 12.3 Å². The summed E-state index contributed by atoms with van der Waals surface area (Å²) in [5.74, 6) is 0.620. The Kier molecular flexibility index (Phi) is 4.39. The van der Waals surface area contributed by atoms with Gasteiger partial charge in [-0.3, -0.25) is 0 Å². The summed E-state index contributed by atoms with van der Waals surface area (Å²) < 4.78 is 30.5. The Bertz CT molecular complexity index is 477. The van der Waals surface area contributed by atoms with E-state index in [2.05, 4.69) is 15.2 Å². The van der Waals surface area contributed by atoms with Gasteiger partial charge >= 0.3 is 0 Å². The summed E-state index contributed by atoms with van der Waals surface area (Å²) in [6, 6.07) is 3.15. The number of nitrogens with zero attached hydrogens (tertiary/aromatic N) is 1. The van der Waals surface area contributed by atoms with Crippen LogP contribution >= 0.6 is 0 Å². The number of nitrogens with one attached hydrogen (secondary N) is 2. The van der Waals surface area contributed by atoms with Crippen molar-refractivity contribution in [3.05, 3.63) is 17.9 Å². The summed E-state index contributed by atoms with van der Waals surface area (Å²) in [4.78, 5) is 0. The third kappa shape index (κ3) is 3.32. The maximum absolute atomic E-state index is 11.5. The number of piperidine rings is 1. The molecule has 1 aliphatic rings.